The second kappa shape index (κ2) is 6.65. The minimum atomic E-state index is -0.649. The molecule has 0 bridgehead atoms. The third-order valence-electron chi connectivity index (χ3n) is 4.02. The molecule has 0 saturated heterocycles. The lowest BCUT2D eigenvalue weighted by Gasteiger charge is -2.04. The highest BCUT2D eigenvalue weighted by Gasteiger charge is 2.13. The fraction of sp³-hybridized carbons (Fsp3) is 0.105. The van der Waals surface area contributed by atoms with Gasteiger partial charge in [0.05, 0.1) is 10.7 Å². The van der Waals surface area contributed by atoms with E-state index in [2.05, 4.69) is 10.3 Å². The number of amides is 1. The number of imidazole rings is 1. The van der Waals surface area contributed by atoms with Crippen LogP contribution in [0.25, 0.3) is 16.6 Å². The van der Waals surface area contributed by atoms with E-state index in [1.165, 1.54) is 0 Å². The normalized spacial score (nSPS) is 11.1. The molecule has 0 spiro atoms. The summed E-state index contributed by atoms with van der Waals surface area (Å²) >= 11 is 5.95. The molecule has 1 amide bonds. The largest absolute Gasteiger partial charge is 0.422 e. The van der Waals surface area contributed by atoms with Crippen LogP contribution in [0.5, 0.6) is 0 Å². The SMILES string of the molecule is O=C(NCCc1cn2cc(Cl)ccc2n1)c1cc2ccccc2oc1=O. The van der Waals surface area contributed by atoms with Crippen LogP contribution in [0.2, 0.25) is 5.02 Å². The summed E-state index contributed by atoms with van der Waals surface area (Å²) in [5.41, 5.74) is 1.40. The minimum Gasteiger partial charge on any atom is -0.422 e. The fourth-order valence-electron chi connectivity index (χ4n) is 2.76. The fourth-order valence-corrected chi connectivity index (χ4v) is 2.93. The highest BCUT2D eigenvalue weighted by molar-refractivity contribution is 6.30. The molecule has 0 aliphatic rings. The number of hydrogen-bond donors (Lipinski definition) is 1. The van der Waals surface area contributed by atoms with Gasteiger partial charge in [0.15, 0.2) is 0 Å². The molecular weight excluding hydrogens is 354 g/mol. The maximum atomic E-state index is 12.3. The summed E-state index contributed by atoms with van der Waals surface area (Å²) in [4.78, 5) is 28.8. The molecule has 0 fully saturated rings. The monoisotopic (exact) mass is 367 g/mol. The molecule has 0 unspecified atom stereocenters. The molecule has 0 aliphatic heterocycles. The molecule has 4 rings (SSSR count). The zero-order valence-electron chi connectivity index (χ0n) is 13.6. The number of fused-ring (bicyclic) bond motifs is 2. The van der Waals surface area contributed by atoms with Gasteiger partial charge in [-0.15, -0.1) is 0 Å². The van der Waals surface area contributed by atoms with Crippen molar-refractivity contribution in [1.82, 2.24) is 14.7 Å². The number of carbonyl (C=O) groups excluding carboxylic acids is 1. The predicted molar refractivity (Wildman–Crippen MR) is 98.7 cm³/mol. The number of carbonyl (C=O) groups is 1. The van der Waals surface area contributed by atoms with E-state index in [9.17, 15) is 9.59 Å². The number of para-hydroxylation sites is 1. The molecule has 0 saturated carbocycles. The highest BCUT2D eigenvalue weighted by Crippen LogP contribution is 2.13. The number of halogens is 1. The molecule has 130 valence electrons. The molecular formula is C19H14ClN3O3. The van der Waals surface area contributed by atoms with Crippen LogP contribution in [0, 0.1) is 0 Å². The summed E-state index contributed by atoms with van der Waals surface area (Å²) in [5, 5.41) is 4.06. The van der Waals surface area contributed by atoms with E-state index in [1.807, 2.05) is 22.7 Å². The van der Waals surface area contributed by atoms with Gasteiger partial charge in [-0.2, -0.15) is 0 Å². The van der Waals surface area contributed by atoms with Crippen molar-refractivity contribution in [2.24, 2.45) is 0 Å². The Labute approximate surface area is 153 Å². The van der Waals surface area contributed by atoms with Gasteiger partial charge in [0.2, 0.25) is 0 Å². The molecule has 1 N–H and O–H groups in total. The number of rotatable bonds is 4. The molecule has 3 heterocycles. The van der Waals surface area contributed by atoms with Gasteiger partial charge < -0.3 is 14.1 Å². The summed E-state index contributed by atoms with van der Waals surface area (Å²) in [5.74, 6) is -0.462. The van der Waals surface area contributed by atoms with Crippen molar-refractivity contribution in [1.29, 1.82) is 0 Å². The number of nitrogens with zero attached hydrogens (tertiary/aromatic N) is 2. The maximum absolute atomic E-state index is 12.3. The average Bonchev–Trinajstić information content (AvgIpc) is 3.02. The third-order valence-corrected chi connectivity index (χ3v) is 4.24. The van der Waals surface area contributed by atoms with Crippen LogP contribution in [0.1, 0.15) is 16.1 Å². The summed E-state index contributed by atoms with van der Waals surface area (Å²) in [6.45, 7) is 0.350. The lowest BCUT2D eigenvalue weighted by atomic mass is 10.2. The van der Waals surface area contributed by atoms with Gasteiger partial charge in [0.1, 0.15) is 16.8 Å². The Balaban J connectivity index is 1.46. The van der Waals surface area contributed by atoms with Gasteiger partial charge in [-0.25, -0.2) is 9.78 Å². The van der Waals surface area contributed by atoms with Crippen molar-refractivity contribution >= 4 is 34.1 Å². The van der Waals surface area contributed by atoms with Crippen molar-refractivity contribution < 1.29 is 9.21 Å². The zero-order valence-corrected chi connectivity index (χ0v) is 14.4. The lowest BCUT2D eigenvalue weighted by Crippen LogP contribution is -2.29. The Kier molecular flexibility index (Phi) is 4.18. The van der Waals surface area contributed by atoms with E-state index in [-0.39, 0.29) is 5.56 Å². The number of nitrogens with one attached hydrogen (secondary N) is 1. The Bertz CT molecular complexity index is 1180. The second-order valence-electron chi connectivity index (χ2n) is 5.84. The standard InChI is InChI=1S/C19H14ClN3O3/c20-13-5-6-17-22-14(11-23(17)10-13)7-8-21-18(24)15-9-12-3-1-2-4-16(12)26-19(15)25/h1-6,9-11H,7-8H2,(H,21,24). The molecule has 7 heteroatoms. The number of pyridine rings is 1. The van der Waals surface area contributed by atoms with E-state index in [4.69, 9.17) is 16.0 Å². The third kappa shape index (κ3) is 3.19. The Morgan fingerprint density at radius 3 is 2.92 bits per heavy atom. The second-order valence-corrected chi connectivity index (χ2v) is 6.27. The van der Waals surface area contributed by atoms with E-state index in [0.717, 1.165) is 11.3 Å². The molecule has 0 atom stereocenters. The molecule has 6 nitrogen and oxygen atoms in total. The van der Waals surface area contributed by atoms with Crippen LogP contribution >= 0.6 is 11.6 Å². The predicted octanol–water partition coefficient (Wildman–Crippen LogP) is 3.07. The first-order valence-electron chi connectivity index (χ1n) is 8.04. The summed E-state index contributed by atoms with van der Waals surface area (Å²) < 4.78 is 7.02. The average molecular weight is 368 g/mol. The van der Waals surface area contributed by atoms with Crippen LogP contribution in [-0.2, 0) is 6.42 Å². The maximum Gasteiger partial charge on any atom is 0.349 e. The molecule has 3 aromatic heterocycles. The van der Waals surface area contributed by atoms with Gasteiger partial charge >= 0.3 is 5.63 Å². The van der Waals surface area contributed by atoms with Crippen LogP contribution in [0.15, 0.2) is 64.1 Å². The first-order chi connectivity index (χ1) is 12.6. The molecule has 1 aromatic carbocycles. The minimum absolute atomic E-state index is 0.00881. The number of hydrogen-bond acceptors (Lipinski definition) is 4. The summed E-state index contributed by atoms with van der Waals surface area (Å²) in [6.07, 6.45) is 4.16. The quantitative estimate of drug-likeness (QED) is 0.562. The Morgan fingerprint density at radius 2 is 2.04 bits per heavy atom. The van der Waals surface area contributed by atoms with Gasteiger partial charge in [-0.05, 0) is 24.3 Å². The smallest absolute Gasteiger partial charge is 0.349 e. The van der Waals surface area contributed by atoms with E-state index >= 15 is 0 Å². The van der Waals surface area contributed by atoms with Crippen LogP contribution in [0.3, 0.4) is 0 Å². The van der Waals surface area contributed by atoms with Gasteiger partial charge in [0, 0.05) is 30.7 Å². The van der Waals surface area contributed by atoms with Crippen LogP contribution < -0.4 is 10.9 Å². The summed E-state index contributed by atoms with van der Waals surface area (Å²) in [7, 11) is 0. The van der Waals surface area contributed by atoms with E-state index < -0.39 is 11.5 Å². The number of aromatic nitrogens is 2. The Hall–Kier alpha value is -3.12. The summed E-state index contributed by atoms with van der Waals surface area (Å²) in [6, 6.07) is 12.2. The van der Waals surface area contributed by atoms with Crippen molar-refractivity contribution in [3.05, 3.63) is 81.6 Å². The molecule has 0 aliphatic carbocycles. The topological polar surface area (TPSA) is 76.6 Å². The first-order valence-corrected chi connectivity index (χ1v) is 8.42. The van der Waals surface area contributed by atoms with E-state index in [0.29, 0.717) is 29.0 Å². The van der Waals surface area contributed by atoms with Gasteiger partial charge in [-0.1, -0.05) is 29.8 Å². The van der Waals surface area contributed by atoms with Gasteiger partial charge in [0.25, 0.3) is 5.91 Å². The highest BCUT2D eigenvalue weighted by atomic mass is 35.5. The van der Waals surface area contributed by atoms with Crippen molar-refractivity contribution in [2.75, 3.05) is 6.54 Å². The molecule has 0 radical (unpaired) electrons. The molecule has 26 heavy (non-hydrogen) atoms. The van der Waals surface area contributed by atoms with Crippen molar-refractivity contribution in [3.8, 4) is 0 Å². The van der Waals surface area contributed by atoms with Crippen LogP contribution in [-0.4, -0.2) is 21.8 Å². The van der Waals surface area contributed by atoms with Crippen molar-refractivity contribution in [3.63, 3.8) is 0 Å². The molecule has 4 aromatic rings. The van der Waals surface area contributed by atoms with Crippen LogP contribution in [0.4, 0.5) is 0 Å². The van der Waals surface area contributed by atoms with Gasteiger partial charge in [-0.3, -0.25) is 4.79 Å². The van der Waals surface area contributed by atoms with Crippen molar-refractivity contribution in [2.45, 2.75) is 6.42 Å². The first kappa shape index (κ1) is 16.4. The zero-order chi connectivity index (χ0) is 18.1. The Morgan fingerprint density at radius 1 is 1.19 bits per heavy atom. The van der Waals surface area contributed by atoms with E-state index in [1.54, 1.807) is 36.5 Å². The lowest BCUT2D eigenvalue weighted by molar-refractivity contribution is 0.0950. The number of benzene rings is 1.